The summed E-state index contributed by atoms with van der Waals surface area (Å²) < 4.78 is 1.53. The van der Waals surface area contributed by atoms with Gasteiger partial charge in [0.05, 0.1) is 10.7 Å². The van der Waals surface area contributed by atoms with Crippen molar-refractivity contribution in [2.75, 3.05) is 6.54 Å². The van der Waals surface area contributed by atoms with Crippen molar-refractivity contribution in [2.45, 2.75) is 26.3 Å². The van der Waals surface area contributed by atoms with Crippen molar-refractivity contribution in [3.8, 4) is 0 Å². The Balaban J connectivity index is 1.71. The van der Waals surface area contributed by atoms with Gasteiger partial charge in [0.15, 0.2) is 0 Å². The number of aromatic nitrogens is 2. The van der Waals surface area contributed by atoms with Crippen molar-refractivity contribution in [1.82, 2.24) is 14.9 Å². The minimum atomic E-state index is -0.0850. The molecule has 0 fully saturated rings. The molecule has 2 aromatic rings. The SMILES string of the molecule is Cc1nc(CCNC(=O)CCn2ccccc2=O)cs1. The fourth-order valence-corrected chi connectivity index (χ4v) is 2.46. The molecule has 1 amide bonds. The van der Waals surface area contributed by atoms with E-state index >= 15 is 0 Å². The van der Waals surface area contributed by atoms with Gasteiger partial charge in [-0.2, -0.15) is 0 Å². The van der Waals surface area contributed by atoms with Crippen molar-refractivity contribution >= 4 is 17.2 Å². The molecule has 106 valence electrons. The number of carbonyl (C=O) groups excluding carboxylic acids is 1. The van der Waals surface area contributed by atoms with E-state index in [1.807, 2.05) is 12.3 Å². The molecule has 2 rings (SSSR count). The van der Waals surface area contributed by atoms with E-state index in [1.54, 1.807) is 29.7 Å². The summed E-state index contributed by atoms with van der Waals surface area (Å²) >= 11 is 1.61. The third-order valence-electron chi connectivity index (χ3n) is 2.85. The second-order valence-electron chi connectivity index (χ2n) is 4.44. The van der Waals surface area contributed by atoms with Crippen LogP contribution in [0.25, 0.3) is 0 Å². The summed E-state index contributed by atoms with van der Waals surface area (Å²) in [5.74, 6) is -0.0484. The van der Waals surface area contributed by atoms with Crippen LogP contribution >= 0.6 is 11.3 Å². The smallest absolute Gasteiger partial charge is 0.250 e. The number of carbonyl (C=O) groups is 1. The molecule has 5 nitrogen and oxygen atoms in total. The third kappa shape index (κ3) is 4.31. The molecule has 0 atom stereocenters. The van der Waals surface area contributed by atoms with Gasteiger partial charge in [-0.3, -0.25) is 9.59 Å². The van der Waals surface area contributed by atoms with Gasteiger partial charge in [-0.1, -0.05) is 6.07 Å². The van der Waals surface area contributed by atoms with Crippen molar-refractivity contribution in [3.63, 3.8) is 0 Å². The first-order valence-corrected chi connectivity index (χ1v) is 7.36. The van der Waals surface area contributed by atoms with Crippen LogP contribution in [0.15, 0.2) is 34.6 Å². The first-order valence-electron chi connectivity index (χ1n) is 6.48. The van der Waals surface area contributed by atoms with E-state index in [4.69, 9.17) is 0 Å². The summed E-state index contributed by atoms with van der Waals surface area (Å²) in [5.41, 5.74) is 0.922. The number of hydrogen-bond donors (Lipinski definition) is 1. The van der Waals surface area contributed by atoms with Gasteiger partial charge in [-0.25, -0.2) is 4.98 Å². The topological polar surface area (TPSA) is 64.0 Å². The number of rotatable bonds is 6. The van der Waals surface area contributed by atoms with Gasteiger partial charge in [0.1, 0.15) is 0 Å². The highest BCUT2D eigenvalue weighted by atomic mass is 32.1. The van der Waals surface area contributed by atoms with Crippen molar-refractivity contribution < 1.29 is 4.79 Å². The lowest BCUT2D eigenvalue weighted by Crippen LogP contribution is -2.28. The second-order valence-corrected chi connectivity index (χ2v) is 5.50. The minimum absolute atomic E-state index is 0.0484. The third-order valence-corrected chi connectivity index (χ3v) is 3.67. The average molecular weight is 291 g/mol. The number of pyridine rings is 1. The van der Waals surface area contributed by atoms with Crippen LogP contribution in [-0.4, -0.2) is 22.0 Å². The largest absolute Gasteiger partial charge is 0.356 e. The molecule has 0 aliphatic rings. The van der Waals surface area contributed by atoms with Crippen LogP contribution in [0.1, 0.15) is 17.1 Å². The summed E-state index contributed by atoms with van der Waals surface area (Å²) in [7, 11) is 0. The van der Waals surface area contributed by atoms with E-state index in [-0.39, 0.29) is 11.5 Å². The van der Waals surface area contributed by atoms with Crippen LogP contribution in [0.5, 0.6) is 0 Å². The van der Waals surface area contributed by atoms with Crippen molar-refractivity contribution in [2.24, 2.45) is 0 Å². The predicted octanol–water partition coefficient (Wildman–Crippen LogP) is 1.36. The highest BCUT2D eigenvalue weighted by Crippen LogP contribution is 2.07. The molecular weight excluding hydrogens is 274 g/mol. The lowest BCUT2D eigenvalue weighted by atomic mass is 10.3. The van der Waals surface area contributed by atoms with Gasteiger partial charge < -0.3 is 9.88 Å². The monoisotopic (exact) mass is 291 g/mol. The zero-order valence-electron chi connectivity index (χ0n) is 11.3. The molecule has 0 aliphatic carbocycles. The number of thiazole rings is 1. The number of nitrogens with zero attached hydrogens (tertiary/aromatic N) is 2. The number of hydrogen-bond acceptors (Lipinski definition) is 4. The molecule has 2 heterocycles. The van der Waals surface area contributed by atoms with E-state index < -0.39 is 0 Å². The Labute approximate surface area is 121 Å². The van der Waals surface area contributed by atoms with Crippen molar-refractivity contribution in [1.29, 1.82) is 0 Å². The van der Waals surface area contributed by atoms with Gasteiger partial charge in [-0.05, 0) is 13.0 Å². The Kier molecular flexibility index (Phi) is 5.06. The average Bonchev–Trinajstić information content (AvgIpc) is 2.83. The number of aryl methyl sites for hydroxylation is 2. The summed E-state index contributed by atoms with van der Waals surface area (Å²) in [6.45, 7) is 2.94. The Hall–Kier alpha value is -1.95. The van der Waals surface area contributed by atoms with Crippen LogP contribution in [0.3, 0.4) is 0 Å². The fourth-order valence-electron chi connectivity index (χ4n) is 1.81. The van der Waals surface area contributed by atoms with E-state index in [2.05, 4.69) is 10.3 Å². The molecule has 0 radical (unpaired) electrons. The highest BCUT2D eigenvalue weighted by Gasteiger charge is 2.03. The lowest BCUT2D eigenvalue weighted by Gasteiger charge is -2.06. The minimum Gasteiger partial charge on any atom is -0.356 e. The second kappa shape index (κ2) is 7.00. The van der Waals surface area contributed by atoms with Crippen LogP contribution in [0, 0.1) is 6.92 Å². The van der Waals surface area contributed by atoms with Gasteiger partial charge in [0, 0.05) is 43.6 Å². The Bertz CT molecular complexity index is 633. The standard InChI is InChI=1S/C14H17N3O2S/c1-11-16-12(10-20-11)5-7-15-13(18)6-9-17-8-3-2-4-14(17)19/h2-4,8,10H,5-7,9H2,1H3,(H,15,18). The zero-order valence-corrected chi connectivity index (χ0v) is 12.2. The molecule has 0 saturated heterocycles. The molecule has 0 unspecified atom stereocenters. The van der Waals surface area contributed by atoms with E-state index in [0.717, 1.165) is 17.1 Å². The summed E-state index contributed by atoms with van der Waals surface area (Å²) in [5, 5.41) is 5.88. The molecular formula is C14H17N3O2S. The Morgan fingerprint density at radius 2 is 2.30 bits per heavy atom. The van der Waals surface area contributed by atoms with Gasteiger partial charge in [-0.15, -0.1) is 11.3 Å². The highest BCUT2D eigenvalue weighted by molar-refractivity contribution is 7.09. The normalized spacial score (nSPS) is 10.4. The molecule has 0 spiro atoms. The maximum Gasteiger partial charge on any atom is 0.250 e. The maximum absolute atomic E-state index is 11.7. The molecule has 0 saturated carbocycles. The maximum atomic E-state index is 11.7. The Morgan fingerprint density at radius 1 is 1.45 bits per heavy atom. The summed E-state index contributed by atoms with van der Waals surface area (Å²) in [6.07, 6.45) is 2.73. The van der Waals surface area contributed by atoms with Crippen LogP contribution in [0.4, 0.5) is 0 Å². The molecule has 2 aromatic heterocycles. The lowest BCUT2D eigenvalue weighted by molar-refractivity contribution is -0.121. The van der Waals surface area contributed by atoms with Gasteiger partial charge in [0.25, 0.3) is 5.56 Å². The number of amides is 1. The number of nitrogens with one attached hydrogen (secondary N) is 1. The first kappa shape index (κ1) is 14.5. The summed E-state index contributed by atoms with van der Waals surface area (Å²) in [4.78, 5) is 27.5. The molecule has 0 bridgehead atoms. The van der Waals surface area contributed by atoms with Gasteiger partial charge >= 0.3 is 0 Å². The zero-order chi connectivity index (χ0) is 14.4. The molecule has 6 heteroatoms. The molecule has 0 aromatic carbocycles. The quantitative estimate of drug-likeness (QED) is 0.874. The summed E-state index contributed by atoms with van der Waals surface area (Å²) in [6, 6.07) is 4.96. The van der Waals surface area contributed by atoms with Crippen LogP contribution in [0.2, 0.25) is 0 Å². The predicted molar refractivity (Wildman–Crippen MR) is 78.9 cm³/mol. The molecule has 0 aliphatic heterocycles. The molecule has 20 heavy (non-hydrogen) atoms. The Morgan fingerprint density at radius 3 is 3.00 bits per heavy atom. The fraction of sp³-hybridized carbons (Fsp3) is 0.357. The van der Waals surface area contributed by atoms with E-state index in [0.29, 0.717) is 19.5 Å². The van der Waals surface area contributed by atoms with Gasteiger partial charge in [0.2, 0.25) is 5.91 Å². The molecule has 1 N–H and O–H groups in total. The van der Waals surface area contributed by atoms with E-state index in [9.17, 15) is 9.59 Å². The van der Waals surface area contributed by atoms with Crippen molar-refractivity contribution in [3.05, 3.63) is 50.8 Å². The first-order chi connectivity index (χ1) is 9.65. The van der Waals surface area contributed by atoms with E-state index in [1.165, 1.54) is 10.6 Å². The van der Waals surface area contributed by atoms with Crippen LogP contribution in [-0.2, 0) is 17.8 Å². The van der Waals surface area contributed by atoms with Crippen LogP contribution < -0.4 is 10.9 Å².